The number of carbonyl (C=O) groups excluding carboxylic acids is 1. The molecule has 3 nitrogen and oxygen atoms in total. The number of aliphatic hydroxyl groups is 1. The molecule has 74 valence electrons. The number of carbonyl (C=O) groups is 1. The van der Waals surface area contributed by atoms with Gasteiger partial charge in [0.05, 0.1) is 6.10 Å². The largest absolute Gasteiger partial charge is 0.393 e. The molecule has 3 heteroatoms. The Balaban J connectivity index is 2.08. The Labute approximate surface area is 78.7 Å². The summed E-state index contributed by atoms with van der Waals surface area (Å²) in [7, 11) is 1.87. The van der Waals surface area contributed by atoms with Gasteiger partial charge in [0.15, 0.2) is 0 Å². The number of aliphatic hydroxyl groups excluding tert-OH is 1. The van der Waals surface area contributed by atoms with Gasteiger partial charge in [0, 0.05) is 19.5 Å². The third-order valence-corrected chi connectivity index (χ3v) is 3.55. The number of hydrogen-bond acceptors (Lipinski definition) is 2. The topological polar surface area (TPSA) is 40.5 Å². The first-order chi connectivity index (χ1) is 6.18. The van der Waals surface area contributed by atoms with E-state index in [1.54, 1.807) is 0 Å². The fraction of sp³-hybridized carbons (Fsp3) is 0.900. The summed E-state index contributed by atoms with van der Waals surface area (Å²) in [4.78, 5) is 13.2. The summed E-state index contributed by atoms with van der Waals surface area (Å²) < 4.78 is 0. The smallest absolute Gasteiger partial charge is 0.222 e. The normalized spacial score (nSPS) is 40.3. The quantitative estimate of drug-likeness (QED) is 0.602. The van der Waals surface area contributed by atoms with E-state index in [2.05, 4.69) is 0 Å². The standard InChI is InChI=1S/C10H17NO2/c1-11-9-6-8(12)4-2-7(9)3-5-10(11)13/h7-9,12H,2-6H2,1H3. The predicted octanol–water partition coefficient (Wildman–Crippen LogP) is 0.768. The highest BCUT2D eigenvalue weighted by Crippen LogP contribution is 2.34. The highest BCUT2D eigenvalue weighted by Gasteiger charge is 2.37. The van der Waals surface area contributed by atoms with Crippen molar-refractivity contribution >= 4 is 5.91 Å². The van der Waals surface area contributed by atoms with Crippen molar-refractivity contribution in [2.24, 2.45) is 5.92 Å². The van der Waals surface area contributed by atoms with Gasteiger partial charge in [0.1, 0.15) is 0 Å². The maximum absolute atomic E-state index is 11.4. The minimum Gasteiger partial charge on any atom is -0.393 e. The van der Waals surface area contributed by atoms with Crippen LogP contribution in [0.2, 0.25) is 0 Å². The number of nitrogens with zero attached hydrogens (tertiary/aromatic N) is 1. The highest BCUT2D eigenvalue weighted by molar-refractivity contribution is 5.77. The maximum atomic E-state index is 11.4. The van der Waals surface area contributed by atoms with Crippen LogP contribution in [0.15, 0.2) is 0 Å². The molecule has 2 rings (SSSR count). The van der Waals surface area contributed by atoms with Crippen molar-refractivity contribution in [1.29, 1.82) is 0 Å². The summed E-state index contributed by atoms with van der Waals surface area (Å²) in [5.74, 6) is 0.890. The Kier molecular flexibility index (Phi) is 2.28. The fourth-order valence-electron chi connectivity index (χ4n) is 2.67. The van der Waals surface area contributed by atoms with E-state index in [-0.39, 0.29) is 12.0 Å². The van der Waals surface area contributed by atoms with Gasteiger partial charge in [-0.25, -0.2) is 0 Å². The highest BCUT2D eigenvalue weighted by atomic mass is 16.3. The molecular weight excluding hydrogens is 166 g/mol. The Morgan fingerprint density at radius 3 is 2.92 bits per heavy atom. The van der Waals surface area contributed by atoms with E-state index in [1.807, 2.05) is 11.9 Å². The van der Waals surface area contributed by atoms with Gasteiger partial charge < -0.3 is 10.0 Å². The third kappa shape index (κ3) is 1.57. The average molecular weight is 183 g/mol. The minimum absolute atomic E-state index is 0.186. The molecule has 0 radical (unpaired) electrons. The maximum Gasteiger partial charge on any atom is 0.222 e. The molecule has 2 fully saturated rings. The zero-order valence-electron chi connectivity index (χ0n) is 8.07. The summed E-state index contributed by atoms with van der Waals surface area (Å²) >= 11 is 0. The molecule has 0 spiro atoms. The van der Waals surface area contributed by atoms with E-state index >= 15 is 0 Å². The molecule has 1 heterocycles. The van der Waals surface area contributed by atoms with Crippen LogP contribution in [0.3, 0.4) is 0 Å². The molecule has 0 aromatic heterocycles. The summed E-state index contributed by atoms with van der Waals surface area (Å²) in [5, 5.41) is 9.51. The Bertz CT molecular complexity index is 217. The second-order valence-corrected chi connectivity index (χ2v) is 4.34. The molecule has 2 aliphatic rings. The molecule has 0 bridgehead atoms. The van der Waals surface area contributed by atoms with Gasteiger partial charge in [-0.2, -0.15) is 0 Å². The van der Waals surface area contributed by atoms with Crippen molar-refractivity contribution in [2.45, 2.75) is 44.2 Å². The predicted molar refractivity (Wildman–Crippen MR) is 49.1 cm³/mol. The van der Waals surface area contributed by atoms with Crippen LogP contribution < -0.4 is 0 Å². The van der Waals surface area contributed by atoms with Crippen molar-refractivity contribution in [3.8, 4) is 0 Å². The van der Waals surface area contributed by atoms with Gasteiger partial charge in [-0.1, -0.05) is 0 Å². The summed E-state index contributed by atoms with van der Waals surface area (Å²) in [6.45, 7) is 0. The monoisotopic (exact) mass is 183 g/mol. The molecule has 3 atom stereocenters. The summed E-state index contributed by atoms with van der Waals surface area (Å²) in [5.41, 5.74) is 0. The van der Waals surface area contributed by atoms with Crippen LogP contribution in [0.1, 0.15) is 32.1 Å². The number of likely N-dealkylation sites (tertiary alicyclic amines) is 1. The van der Waals surface area contributed by atoms with Gasteiger partial charge in [-0.15, -0.1) is 0 Å². The van der Waals surface area contributed by atoms with E-state index in [4.69, 9.17) is 0 Å². The number of fused-ring (bicyclic) bond motifs is 1. The Morgan fingerprint density at radius 1 is 1.38 bits per heavy atom. The van der Waals surface area contributed by atoms with Crippen LogP contribution in [0, 0.1) is 5.92 Å². The Hall–Kier alpha value is -0.570. The second kappa shape index (κ2) is 3.29. The van der Waals surface area contributed by atoms with E-state index in [0.29, 0.717) is 18.4 Å². The molecule has 1 aliphatic carbocycles. The van der Waals surface area contributed by atoms with Crippen molar-refractivity contribution in [3.05, 3.63) is 0 Å². The van der Waals surface area contributed by atoms with Crippen LogP contribution in [-0.2, 0) is 4.79 Å². The molecule has 3 unspecified atom stereocenters. The molecule has 0 aromatic carbocycles. The lowest BCUT2D eigenvalue weighted by Crippen LogP contribution is -2.50. The van der Waals surface area contributed by atoms with E-state index < -0.39 is 0 Å². The molecule has 1 aliphatic heterocycles. The zero-order valence-corrected chi connectivity index (χ0v) is 8.07. The molecule has 1 amide bonds. The van der Waals surface area contributed by atoms with Crippen molar-refractivity contribution in [3.63, 3.8) is 0 Å². The number of amides is 1. The lowest BCUT2D eigenvalue weighted by molar-refractivity contribution is -0.139. The van der Waals surface area contributed by atoms with Crippen molar-refractivity contribution in [1.82, 2.24) is 4.90 Å². The number of piperidine rings is 1. The van der Waals surface area contributed by atoms with Gasteiger partial charge in [0.25, 0.3) is 0 Å². The molecule has 13 heavy (non-hydrogen) atoms. The Morgan fingerprint density at radius 2 is 2.15 bits per heavy atom. The second-order valence-electron chi connectivity index (χ2n) is 4.34. The van der Waals surface area contributed by atoms with Gasteiger partial charge in [-0.3, -0.25) is 4.79 Å². The zero-order chi connectivity index (χ0) is 9.42. The molecule has 0 aromatic rings. The van der Waals surface area contributed by atoms with Crippen LogP contribution in [0.25, 0.3) is 0 Å². The van der Waals surface area contributed by atoms with Gasteiger partial charge in [-0.05, 0) is 31.6 Å². The molecular formula is C10H17NO2. The lowest BCUT2D eigenvalue weighted by atomic mass is 9.77. The van der Waals surface area contributed by atoms with Crippen LogP contribution in [-0.4, -0.2) is 35.1 Å². The average Bonchev–Trinajstić information content (AvgIpc) is 2.12. The van der Waals surface area contributed by atoms with E-state index in [0.717, 1.165) is 25.7 Å². The number of rotatable bonds is 0. The van der Waals surface area contributed by atoms with E-state index in [9.17, 15) is 9.90 Å². The summed E-state index contributed by atoms with van der Waals surface area (Å²) in [6.07, 6.45) is 4.34. The molecule has 1 saturated carbocycles. The lowest BCUT2D eigenvalue weighted by Gasteiger charge is -2.43. The summed E-state index contributed by atoms with van der Waals surface area (Å²) in [6, 6.07) is 0.310. The van der Waals surface area contributed by atoms with Crippen LogP contribution in [0.4, 0.5) is 0 Å². The van der Waals surface area contributed by atoms with Crippen molar-refractivity contribution in [2.75, 3.05) is 7.05 Å². The SMILES string of the molecule is CN1C(=O)CCC2CCC(O)CC21. The van der Waals surface area contributed by atoms with Crippen LogP contribution in [0.5, 0.6) is 0 Å². The number of hydrogen-bond donors (Lipinski definition) is 1. The van der Waals surface area contributed by atoms with Crippen LogP contribution >= 0.6 is 0 Å². The first-order valence-corrected chi connectivity index (χ1v) is 5.12. The van der Waals surface area contributed by atoms with E-state index in [1.165, 1.54) is 0 Å². The first kappa shape index (κ1) is 9.00. The van der Waals surface area contributed by atoms with Crippen molar-refractivity contribution < 1.29 is 9.90 Å². The first-order valence-electron chi connectivity index (χ1n) is 5.12. The van der Waals surface area contributed by atoms with Gasteiger partial charge in [0.2, 0.25) is 5.91 Å². The minimum atomic E-state index is -0.186. The molecule has 1 saturated heterocycles. The van der Waals surface area contributed by atoms with Gasteiger partial charge >= 0.3 is 0 Å². The third-order valence-electron chi connectivity index (χ3n) is 3.55. The molecule has 1 N–H and O–H groups in total. The fourth-order valence-corrected chi connectivity index (χ4v) is 2.67.